The molecule has 0 aliphatic rings. The molecular formula is C18H47N. The minimum atomic E-state index is 0.892. The van der Waals surface area contributed by atoms with Crippen LogP contribution in [0.1, 0.15) is 88.5 Å². The fraction of sp³-hybridized carbons (Fsp3) is 0.889. The van der Waals surface area contributed by atoms with E-state index in [9.17, 15) is 0 Å². The molecule has 1 heteroatoms. The van der Waals surface area contributed by atoms with Gasteiger partial charge < -0.3 is 5.73 Å². The number of nitrogens with two attached hydrogens (primary N) is 1. The molecule has 2 N–H and O–H groups in total. The average molecular weight is 278 g/mol. The molecule has 0 aromatic rings. The lowest BCUT2D eigenvalue weighted by Gasteiger charge is -2.05. The maximum absolute atomic E-state index is 4.50. The van der Waals surface area contributed by atoms with Crippen molar-refractivity contribution in [3.05, 3.63) is 13.2 Å². The highest BCUT2D eigenvalue weighted by atomic mass is 14.4. The first-order valence-electron chi connectivity index (χ1n) is 8.20. The van der Waals surface area contributed by atoms with E-state index in [1.807, 2.05) is 41.5 Å². The van der Waals surface area contributed by atoms with Gasteiger partial charge in [0.25, 0.3) is 0 Å². The maximum Gasteiger partial charge on any atom is -0.0195 e. The van der Waals surface area contributed by atoms with Crippen LogP contribution in [-0.2, 0) is 0 Å². The van der Waals surface area contributed by atoms with E-state index in [4.69, 9.17) is 0 Å². The van der Waals surface area contributed by atoms with Crippen molar-refractivity contribution < 1.29 is 0 Å². The summed E-state index contributed by atoms with van der Waals surface area (Å²) in [6, 6.07) is 0. The molecule has 0 radical (unpaired) electrons. The Balaban J connectivity index is -0.0000000356. The third-order valence-electron chi connectivity index (χ3n) is 1.56. The molecular weight excluding hydrogens is 230 g/mol. The highest BCUT2D eigenvalue weighted by Crippen LogP contribution is 2.10. The van der Waals surface area contributed by atoms with Crippen LogP contribution in [0, 0.1) is 11.8 Å². The summed E-state index contributed by atoms with van der Waals surface area (Å²) in [5.74, 6) is 1.78. The van der Waals surface area contributed by atoms with Crippen LogP contribution >= 0.6 is 0 Å². The van der Waals surface area contributed by atoms with Crippen LogP contribution in [0.25, 0.3) is 0 Å². The second-order valence-electron chi connectivity index (χ2n) is 3.72. The Morgan fingerprint density at radius 1 is 0.632 bits per heavy atom. The fourth-order valence-corrected chi connectivity index (χ4v) is 0.934. The number of hydrogen-bond acceptors (Lipinski definition) is 1. The van der Waals surface area contributed by atoms with Gasteiger partial charge >= 0.3 is 0 Å². The van der Waals surface area contributed by atoms with Gasteiger partial charge in [-0.25, -0.2) is 0 Å². The molecule has 0 saturated heterocycles. The molecule has 0 fully saturated rings. The maximum atomic E-state index is 4.50. The summed E-state index contributed by atoms with van der Waals surface area (Å²) in [5, 5.41) is 0. The molecule has 0 atom stereocenters. The lowest BCUT2D eigenvalue weighted by Crippen LogP contribution is -1.90. The van der Waals surface area contributed by atoms with Gasteiger partial charge in [0.05, 0.1) is 0 Å². The summed E-state index contributed by atoms with van der Waals surface area (Å²) in [4.78, 5) is 0. The predicted octanol–water partition coefficient (Wildman–Crippen LogP) is 6.92. The van der Waals surface area contributed by atoms with Gasteiger partial charge in [0.1, 0.15) is 0 Å². The normalized spacial score (nSPS) is 6.84. The molecule has 0 amide bonds. The molecule has 0 aromatic carbocycles. The van der Waals surface area contributed by atoms with Gasteiger partial charge in [-0.1, -0.05) is 88.5 Å². The molecule has 1 nitrogen and oxygen atoms in total. The van der Waals surface area contributed by atoms with Crippen LogP contribution in [0.3, 0.4) is 0 Å². The summed E-state index contributed by atoms with van der Waals surface area (Å²) >= 11 is 0. The van der Waals surface area contributed by atoms with E-state index >= 15 is 0 Å². The SMILES string of the molecule is C=C.CC.CC.CC.CC(C)CCCC(C)C.CN. The first-order chi connectivity index (χ1) is 9.13. The topological polar surface area (TPSA) is 26.0 Å². The molecule has 0 saturated carbocycles. The van der Waals surface area contributed by atoms with Gasteiger partial charge in [-0.2, -0.15) is 0 Å². The van der Waals surface area contributed by atoms with Gasteiger partial charge in [0, 0.05) is 0 Å². The summed E-state index contributed by atoms with van der Waals surface area (Å²) in [5.41, 5.74) is 4.50. The van der Waals surface area contributed by atoms with Crippen LogP contribution in [0.15, 0.2) is 13.2 Å². The van der Waals surface area contributed by atoms with Crippen LogP contribution in [-0.4, -0.2) is 7.05 Å². The summed E-state index contributed by atoms with van der Waals surface area (Å²) in [7, 11) is 1.50. The third kappa shape index (κ3) is 134. The Labute approximate surface area is 127 Å². The molecule has 0 heterocycles. The van der Waals surface area contributed by atoms with E-state index in [-0.39, 0.29) is 0 Å². The molecule has 0 spiro atoms. The molecule has 0 rings (SSSR count). The average Bonchev–Trinajstić information content (AvgIpc) is 2.49. The van der Waals surface area contributed by atoms with E-state index in [1.165, 1.54) is 26.3 Å². The fourth-order valence-electron chi connectivity index (χ4n) is 0.934. The zero-order valence-electron chi connectivity index (χ0n) is 16.3. The van der Waals surface area contributed by atoms with E-state index < -0.39 is 0 Å². The lowest BCUT2D eigenvalue weighted by atomic mass is 10.0. The Hall–Kier alpha value is -0.300. The summed E-state index contributed by atoms with van der Waals surface area (Å²) in [6.07, 6.45) is 4.21. The van der Waals surface area contributed by atoms with E-state index in [0.29, 0.717) is 0 Å². The second-order valence-corrected chi connectivity index (χ2v) is 3.72. The number of hydrogen-bond donors (Lipinski definition) is 1. The van der Waals surface area contributed by atoms with Crippen molar-refractivity contribution in [3.8, 4) is 0 Å². The molecule has 0 bridgehead atoms. The first-order valence-corrected chi connectivity index (χ1v) is 8.20. The Morgan fingerprint density at radius 2 is 0.789 bits per heavy atom. The van der Waals surface area contributed by atoms with Gasteiger partial charge in [0.15, 0.2) is 0 Å². The zero-order valence-corrected chi connectivity index (χ0v) is 16.3. The van der Waals surface area contributed by atoms with Crippen molar-refractivity contribution >= 4 is 0 Å². The van der Waals surface area contributed by atoms with Crippen LogP contribution < -0.4 is 5.73 Å². The highest BCUT2D eigenvalue weighted by Gasteiger charge is 1.95. The van der Waals surface area contributed by atoms with E-state index in [2.05, 4.69) is 46.6 Å². The van der Waals surface area contributed by atoms with Gasteiger partial charge in [0.2, 0.25) is 0 Å². The molecule has 0 aliphatic heterocycles. The third-order valence-corrected chi connectivity index (χ3v) is 1.56. The first kappa shape index (κ1) is 36.3. The minimum Gasteiger partial charge on any atom is -0.333 e. The second kappa shape index (κ2) is 65.2. The van der Waals surface area contributed by atoms with Crippen molar-refractivity contribution in [1.82, 2.24) is 0 Å². The smallest absolute Gasteiger partial charge is 0.0195 e. The molecule has 19 heavy (non-hydrogen) atoms. The van der Waals surface area contributed by atoms with Crippen molar-refractivity contribution in [3.63, 3.8) is 0 Å². The summed E-state index contributed by atoms with van der Waals surface area (Å²) < 4.78 is 0. The molecule has 0 aromatic heterocycles. The van der Waals surface area contributed by atoms with Crippen LogP contribution in [0.5, 0.6) is 0 Å². The monoisotopic (exact) mass is 277 g/mol. The Kier molecular flexibility index (Phi) is 125. The van der Waals surface area contributed by atoms with Crippen molar-refractivity contribution in [2.24, 2.45) is 17.6 Å². The standard InChI is InChI=1S/C9H20.3C2H6.C2H4.CH5N/c1-8(2)6-5-7-9(3)4;5*1-2/h8-9H,5-7H2,1-4H3;3*1-2H3;1-2H2;2H2,1H3. The Bertz CT molecular complexity index is 60.1. The quantitative estimate of drug-likeness (QED) is 0.554. The predicted molar refractivity (Wildman–Crippen MR) is 98.9 cm³/mol. The molecule has 0 aliphatic carbocycles. The van der Waals surface area contributed by atoms with Crippen LogP contribution in [0.4, 0.5) is 0 Å². The minimum absolute atomic E-state index is 0.892. The summed E-state index contributed by atoms with van der Waals surface area (Å²) in [6.45, 7) is 27.2. The Morgan fingerprint density at radius 3 is 0.895 bits per heavy atom. The zero-order chi connectivity index (χ0) is 17.3. The van der Waals surface area contributed by atoms with Gasteiger partial charge in [-0.05, 0) is 18.9 Å². The van der Waals surface area contributed by atoms with Gasteiger partial charge in [-0.15, -0.1) is 13.2 Å². The lowest BCUT2D eigenvalue weighted by molar-refractivity contribution is 0.480. The molecule has 0 unspecified atom stereocenters. The highest BCUT2D eigenvalue weighted by molar-refractivity contribution is 4.49. The number of rotatable bonds is 4. The molecule has 124 valence electrons. The van der Waals surface area contributed by atoms with Crippen molar-refractivity contribution in [1.29, 1.82) is 0 Å². The largest absolute Gasteiger partial charge is 0.333 e. The van der Waals surface area contributed by atoms with Crippen molar-refractivity contribution in [2.75, 3.05) is 7.05 Å². The van der Waals surface area contributed by atoms with E-state index in [1.54, 1.807) is 0 Å². The van der Waals surface area contributed by atoms with E-state index in [0.717, 1.165) is 11.8 Å². The van der Waals surface area contributed by atoms with Gasteiger partial charge in [-0.3, -0.25) is 0 Å². The van der Waals surface area contributed by atoms with Crippen LogP contribution in [0.2, 0.25) is 0 Å². The van der Waals surface area contributed by atoms with Crippen molar-refractivity contribution in [2.45, 2.75) is 88.5 Å².